The van der Waals surface area contributed by atoms with Crippen LogP contribution in [0.5, 0.6) is 5.75 Å². The number of carbonyl (C=O) groups excluding carboxylic acids is 1. The highest BCUT2D eigenvalue weighted by atomic mass is 32.2. The molecule has 1 saturated heterocycles. The summed E-state index contributed by atoms with van der Waals surface area (Å²) >= 11 is 0. The summed E-state index contributed by atoms with van der Waals surface area (Å²) in [5.41, 5.74) is 2.21. The summed E-state index contributed by atoms with van der Waals surface area (Å²) in [6.07, 6.45) is 1.98. The average molecular weight is 415 g/mol. The van der Waals surface area contributed by atoms with E-state index in [4.69, 9.17) is 4.74 Å². The van der Waals surface area contributed by atoms with Crippen LogP contribution >= 0.6 is 0 Å². The third kappa shape index (κ3) is 3.89. The van der Waals surface area contributed by atoms with Crippen LogP contribution in [0.1, 0.15) is 25.3 Å². The van der Waals surface area contributed by atoms with E-state index in [1.807, 2.05) is 30.0 Å². The minimum atomic E-state index is -3.56. The van der Waals surface area contributed by atoms with Crippen LogP contribution in [0, 0.1) is 5.92 Å². The summed E-state index contributed by atoms with van der Waals surface area (Å²) in [6.45, 7) is 3.86. The number of carbonyl (C=O) groups is 1. The van der Waals surface area contributed by atoms with Crippen molar-refractivity contribution < 1.29 is 17.9 Å². The van der Waals surface area contributed by atoms with E-state index >= 15 is 0 Å². The van der Waals surface area contributed by atoms with Crippen LogP contribution in [0.2, 0.25) is 0 Å². The van der Waals surface area contributed by atoms with Crippen molar-refractivity contribution in [3.05, 3.63) is 54.1 Å². The molecule has 0 radical (unpaired) electrons. The minimum Gasteiger partial charge on any atom is -0.494 e. The van der Waals surface area contributed by atoms with Gasteiger partial charge in [0.2, 0.25) is 15.9 Å². The van der Waals surface area contributed by atoms with Crippen LogP contribution in [0.4, 0.5) is 5.69 Å². The SMILES string of the molecule is CCOc1ccc(S(=O)(=O)N2CCC(C(=O)N3CCc4ccccc43)CC2)cc1. The van der Waals surface area contributed by atoms with Gasteiger partial charge in [0.15, 0.2) is 0 Å². The average Bonchev–Trinajstić information content (AvgIpc) is 3.18. The molecule has 2 aromatic carbocycles. The molecular formula is C22H26N2O4S. The fourth-order valence-electron chi connectivity index (χ4n) is 4.15. The molecule has 0 aromatic heterocycles. The maximum atomic E-state index is 13.0. The van der Waals surface area contributed by atoms with Gasteiger partial charge in [0.1, 0.15) is 5.75 Å². The first-order valence-electron chi connectivity index (χ1n) is 10.1. The molecule has 0 atom stereocenters. The summed E-state index contributed by atoms with van der Waals surface area (Å²) in [6, 6.07) is 14.5. The Morgan fingerprint density at radius 2 is 1.72 bits per heavy atom. The number of piperidine rings is 1. The fourth-order valence-corrected chi connectivity index (χ4v) is 5.62. The largest absolute Gasteiger partial charge is 0.494 e. The summed E-state index contributed by atoms with van der Waals surface area (Å²) in [5, 5.41) is 0. The van der Waals surface area contributed by atoms with Crippen LogP contribution in [-0.4, -0.2) is 44.9 Å². The predicted molar refractivity (Wildman–Crippen MR) is 112 cm³/mol. The van der Waals surface area contributed by atoms with Crippen LogP contribution in [-0.2, 0) is 21.2 Å². The number of rotatable bonds is 5. The lowest BCUT2D eigenvalue weighted by molar-refractivity contribution is -0.123. The summed E-state index contributed by atoms with van der Waals surface area (Å²) in [5.74, 6) is 0.641. The number of nitrogens with zero attached hydrogens (tertiary/aromatic N) is 2. The maximum absolute atomic E-state index is 13.0. The second-order valence-corrected chi connectivity index (χ2v) is 9.39. The van der Waals surface area contributed by atoms with E-state index in [2.05, 4.69) is 6.07 Å². The molecule has 2 heterocycles. The van der Waals surface area contributed by atoms with Crippen molar-refractivity contribution >= 4 is 21.6 Å². The smallest absolute Gasteiger partial charge is 0.243 e. The highest BCUT2D eigenvalue weighted by Gasteiger charge is 2.35. The van der Waals surface area contributed by atoms with Gasteiger partial charge < -0.3 is 9.64 Å². The normalized spacial score (nSPS) is 17.9. The lowest BCUT2D eigenvalue weighted by Gasteiger charge is -2.32. The zero-order chi connectivity index (χ0) is 20.4. The molecule has 2 aliphatic heterocycles. The van der Waals surface area contributed by atoms with Gasteiger partial charge in [-0.05, 0) is 62.1 Å². The van der Waals surface area contributed by atoms with Crippen molar-refractivity contribution in [2.75, 3.05) is 31.1 Å². The Labute approximate surface area is 172 Å². The number of benzene rings is 2. The van der Waals surface area contributed by atoms with Gasteiger partial charge in [0.25, 0.3) is 0 Å². The number of para-hydroxylation sites is 1. The first-order chi connectivity index (χ1) is 14.0. The Bertz CT molecular complexity index is 980. The topological polar surface area (TPSA) is 66.9 Å². The van der Waals surface area contributed by atoms with Crippen LogP contribution in [0.25, 0.3) is 0 Å². The second kappa shape index (κ2) is 8.16. The van der Waals surface area contributed by atoms with Crippen molar-refractivity contribution in [1.29, 1.82) is 0 Å². The van der Waals surface area contributed by atoms with Gasteiger partial charge in [0.05, 0.1) is 11.5 Å². The van der Waals surface area contributed by atoms with Crippen LogP contribution in [0.15, 0.2) is 53.4 Å². The monoisotopic (exact) mass is 414 g/mol. The lowest BCUT2D eigenvalue weighted by atomic mass is 9.96. The molecule has 0 bridgehead atoms. The van der Waals surface area contributed by atoms with E-state index in [1.165, 1.54) is 9.87 Å². The van der Waals surface area contributed by atoms with Gasteiger partial charge in [-0.1, -0.05) is 18.2 Å². The number of hydrogen-bond donors (Lipinski definition) is 0. The van der Waals surface area contributed by atoms with E-state index in [0.717, 1.165) is 12.1 Å². The minimum absolute atomic E-state index is 0.119. The molecule has 0 unspecified atom stereocenters. The third-order valence-electron chi connectivity index (χ3n) is 5.73. The molecule has 1 amide bonds. The van der Waals surface area contributed by atoms with E-state index in [0.29, 0.717) is 44.8 Å². The zero-order valence-electron chi connectivity index (χ0n) is 16.6. The van der Waals surface area contributed by atoms with E-state index in [-0.39, 0.29) is 16.7 Å². The molecule has 1 fully saturated rings. The highest BCUT2D eigenvalue weighted by molar-refractivity contribution is 7.89. The Morgan fingerprint density at radius 1 is 1.03 bits per heavy atom. The molecule has 7 heteroatoms. The van der Waals surface area contributed by atoms with Gasteiger partial charge >= 0.3 is 0 Å². The maximum Gasteiger partial charge on any atom is 0.243 e. The van der Waals surface area contributed by atoms with E-state index in [9.17, 15) is 13.2 Å². The molecule has 154 valence electrons. The number of fused-ring (bicyclic) bond motifs is 1. The Balaban J connectivity index is 1.41. The highest BCUT2D eigenvalue weighted by Crippen LogP contribution is 2.32. The van der Waals surface area contributed by atoms with Gasteiger partial charge in [-0.15, -0.1) is 0 Å². The number of anilines is 1. The van der Waals surface area contributed by atoms with Crippen molar-refractivity contribution in [3.8, 4) is 5.75 Å². The quantitative estimate of drug-likeness (QED) is 0.754. The Morgan fingerprint density at radius 3 is 2.41 bits per heavy atom. The molecule has 0 aliphatic carbocycles. The fraction of sp³-hybridized carbons (Fsp3) is 0.409. The van der Waals surface area contributed by atoms with Crippen LogP contribution < -0.4 is 9.64 Å². The van der Waals surface area contributed by atoms with Gasteiger partial charge in [-0.2, -0.15) is 4.31 Å². The van der Waals surface area contributed by atoms with Gasteiger partial charge in [-0.3, -0.25) is 4.79 Å². The molecule has 6 nitrogen and oxygen atoms in total. The number of sulfonamides is 1. The molecule has 4 rings (SSSR count). The molecule has 29 heavy (non-hydrogen) atoms. The summed E-state index contributed by atoms with van der Waals surface area (Å²) in [7, 11) is -3.56. The molecule has 0 N–H and O–H groups in total. The van der Waals surface area contributed by atoms with Crippen molar-refractivity contribution in [3.63, 3.8) is 0 Å². The zero-order valence-corrected chi connectivity index (χ0v) is 17.4. The van der Waals surface area contributed by atoms with Crippen molar-refractivity contribution in [2.24, 2.45) is 5.92 Å². The first-order valence-corrected chi connectivity index (χ1v) is 11.6. The van der Waals surface area contributed by atoms with Crippen molar-refractivity contribution in [2.45, 2.75) is 31.1 Å². The van der Waals surface area contributed by atoms with E-state index in [1.54, 1.807) is 24.3 Å². The third-order valence-corrected chi connectivity index (χ3v) is 7.64. The first kappa shape index (κ1) is 19.9. The van der Waals surface area contributed by atoms with Gasteiger partial charge in [-0.25, -0.2) is 8.42 Å². The molecule has 0 saturated carbocycles. The summed E-state index contributed by atoms with van der Waals surface area (Å²) < 4.78 is 32.8. The van der Waals surface area contributed by atoms with E-state index < -0.39 is 10.0 Å². The number of hydrogen-bond acceptors (Lipinski definition) is 4. The molecule has 2 aromatic rings. The second-order valence-electron chi connectivity index (χ2n) is 7.45. The Kier molecular flexibility index (Phi) is 5.61. The number of amides is 1. The predicted octanol–water partition coefficient (Wildman–Crippen LogP) is 3.08. The van der Waals surface area contributed by atoms with Crippen LogP contribution in [0.3, 0.4) is 0 Å². The molecule has 2 aliphatic rings. The Hall–Kier alpha value is -2.38. The van der Waals surface area contributed by atoms with Crippen molar-refractivity contribution in [1.82, 2.24) is 4.31 Å². The summed E-state index contributed by atoms with van der Waals surface area (Å²) in [4.78, 5) is 15.2. The standard InChI is InChI=1S/C22H26N2O4S/c1-2-28-19-7-9-20(10-8-19)29(26,27)23-14-11-18(12-15-23)22(25)24-16-13-17-5-3-4-6-21(17)24/h3-10,18H,2,11-16H2,1H3. The lowest BCUT2D eigenvalue weighted by Crippen LogP contribution is -2.44. The molecule has 0 spiro atoms. The number of ether oxygens (including phenoxy) is 1. The molecular weight excluding hydrogens is 388 g/mol. The van der Waals surface area contributed by atoms with Gasteiger partial charge in [0, 0.05) is 31.2 Å².